The molecule has 1 N–H and O–H groups in total. The van der Waals surface area contributed by atoms with Crippen LogP contribution in [0.4, 0.5) is 19.0 Å². The number of nitrogens with one attached hydrogen (secondary N) is 1. The van der Waals surface area contributed by atoms with Crippen molar-refractivity contribution in [2.75, 3.05) is 70.4 Å². The zero-order valence-electron chi connectivity index (χ0n) is 18.9. The SMILES string of the molecule is CC(C)CN1CCOC(CNC(=O)CN2CCCN(c3ccc(C(F)(F)F)cn3)CC2)C1. The van der Waals surface area contributed by atoms with Crippen LogP contribution < -0.4 is 10.2 Å². The van der Waals surface area contributed by atoms with Crippen LogP contribution in [0.25, 0.3) is 0 Å². The number of aromatic nitrogens is 1. The molecule has 7 nitrogen and oxygen atoms in total. The van der Waals surface area contributed by atoms with Gasteiger partial charge in [-0.05, 0) is 24.5 Å². The summed E-state index contributed by atoms with van der Waals surface area (Å²) >= 11 is 0. The molecule has 1 aromatic rings. The van der Waals surface area contributed by atoms with E-state index in [1.807, 2.05) is 4.90 Å². The molecule has 180 valence electrons. The third-order valence-electron chi connectivity index (χ3n) is 5.73. The Morgan fingerprint density at radius 1 is 1.19 bits per heavy atom. The van der Waals surface area contributed by atoms with Crippen LogP contribution in [-0.4, -0.2) is 92.3 Å². The maximum atomic E-state index is 12.7. The summed E-state index contributed by atoms with van der Waals surface area (Å²) in [6, 6.07) is 2.48. The number of anilines is 1. The van der Waals surface area contributed by atoms with Crippen molar-refractivity contribution in [3.63, 3.8) is 0 Å². The molecule has 10 heteroatoms. The van der Waals surface area contributed by atoms with Crippen molar-refractivity contribution in [3.8, 4) is 0 Å². The van der Waals surface area contributed by atoms with Gasteiger partial charge in [-0.25, -0.2) is 4.98 Å². The van der Waals surface area contributed by atoms with Crippen LogP contribution in [0.1, 0.15) is 25.8 Å². The van der Waals surface area contributed by atoms with Crippen LogP contribution in [0.2, 0.25) is 0 Å². The van der Waals surface area contributed by atoms with Crippen molar-refractivity contribution in [1.29, 1.82) is 0 Å². The molecule has 32 heavy (non-hydrogen) atoms. The Kier molecular flexibility index (Phi) is 8.72. The molecule has 0 aliphatic carbocycles. The minimum absolute atomic E-state index is 0.0109. The third-order valence-corrected chi connectivity index (χ3v) is 5.73. The van der Waals surface area contributed by atoms with Crippen molar-refractivity contribution in [3.05, 3.63) is 23.9 Å². The van der Waals surface area contributed by atoms with Gasteiger partial charge in [0.25, 0.3) is 0 Å². The molecular formula is C22H34F3N5O2. The summed E-state index contributed by atoms with van der Waals surface area (Å²) in [5.41, 5.74) is -0.747. The van der Waals surface area contributed by atoms with Crippen molar-refractivity contribution in [2.45, 2.75) is 32.5 Å². The lowest BCUT2D eigenvalue weighted by Crippen LogP contribution is -2.49. The summed E-state index contributed by atoms with van der Waals surface area (Å²) in [6.45, 7) is 11.4. The van der Waals surface area contributed by atoms with E-state index in [9.17, 15) is 18.0 Å². The largest absolute Gasteiger partial charge is 0.417 e. The van der Waals surface area contributed by atoms with E-state index in [4.69, 9.17) is 4.74 Å². The van der Waals surface area contributed by atoms with E-state index in [-0.39, 0.29) is 12.0 Å². The fourth-order valence-electron chi connectivity index (χ4n) is 4.17. The molecule has 1 unspecified atom stereocenters. The Labute approximate surface area is 187 Å². The lowest BCUT2D eigenvalue weighted by molar-refractivity contribution is -0.137. The number of hydrogen-bond acceptors (Lipinski definition) is 6. The van der Waals surface area contributed by atoms with Gasteiger partial charge in [0.1, 0.15) is 5.82 Å². The molecular weight excluding hydrogens is 423 g/mol. The lowest BCUT2D eigenvalue weighted by Gasteiger charge is -2.34. The molecule has 3 heterocycles. The number of morpholine rings is 1. The Hall–Kier alpha value is -1.91. The highest BCUT2D eigenvalue weighted by molar-refractivity contribution is 5.78. The van der Waals surface area contributed by atoms with Gasteiger partial charge < -0.3 is 15.0 Å². The van der Waals surface area contributed by atoms with E-state index in [0.717, 1.165) is 44.9 Å². The van der Waals surface area contributed by atoms with Gasteiger partial charge in [-0.2, -0.15) is 13.2 Å². The summed E-state index contributed by atoms with van der Waals surface area (Å²) in [4.78, 5) is 22.9. The first-order valence-electron chi connectivity index (χ1n) is 11.3. The van der Waals surface area contributed by atoms with Gasteiger partial charge in [0.2, 0.25) is 5.91 Å². The number of alkyl halides is 3. The van der Waals surface area contributed by atoms with Gasteiger partial charge in [0.15, 0.2) is 0 Å². The van der Waals surface area contributed by atoms with E-state index >= 15 is 0 Å². The van der Waals surface area contributed by atoms with Crippen molar-refractivity contribution < 1.29 is 22.7 Å². The predicted molar refractivity (Wildman–Crippen MR) is 117 cm³/mol. The molecule has 0 bridgehead atoms. The summed E-state index contributed by atoms with van der Waals surface area (Å²) < 4.78 is 44.0. The monoisotopic (exact) mass is 457 g/mol. The molecule has 2 saturated heterocycles. The zero-order chi connectivity index (χ0) is 23.1. The Morgan fingerprint density at radius 3 is 2.69 bits per heavy atom. The molecule has 0 spiro atoms. The molecule has 1 atom stereocenters. The topological polar surface area (TPSA) is 60.9 Å². The maximum Gasteiger partial charge on any atom is 0.417 e. The molecule has 0 radical (unpaired) electrons. The van der Waals surface area contributed by atoms with Crippen LogP contribution in [0, 0.1) is 5.92 Å². The predicted octanol–water partition coefficient (Wildman–Crippen LogP) is 2.09. The standard InChI is InChI=1S/C22H34F3N5O2/c1-17(2)14-29-10-11-32-19(15-29)13-27-21(31)16-28-6-3-7-30(9-8-28)20-5-4-18(12-26-20)22(23,24)25/h4-5,12,17,19H,3,6-11,13-16H2,1-2H3,(H,27,31). The van der Waals surface area contributed by atoms with Crippen molar-refractivity contribution >= 4 is 11.7 Å². The van der Waals surface area contributed by atoms with Crippen LogP contribution in [0.3, 0.4) is 0 Å². The molecule has 2 aliphatic rings. The molecule has 0 saturated carbocycles. The number of carbonyl (C=O) groups is 1. The van der Waals surface area contributed by atoms with Gasteiger partial charge >= 0.3 is 6.18 Å². The summed E-state index contributed by atoms with van der Waals surface area (Å²) in [5.74, 6) is 1.10. The number of pyridine rings is 1. The molecule has 2 aliphatic heterocycles. The summed E-state index contributed by atoms with van der Waals surface area (Å²) in [5, 5.41) is 2.99. The van der Waals surface area contributed by atoms with Gasteiger partial charge in [-0.1, -0.05) is 13.8 Å². The first kappa shape index (κ1) is 24.7. The molecule has 0 aromatic carbocycles. The number of halogens is 3. The van der Waals surface area contributed by atoms with Crippen molar-refractivity contribution in [2.24, 2.45) is 5.92 Å². The minimum atomic E-state index is -4.39. The third kappa shape index (κ3) is 7.60. The average molecular weight is 458 g/mol. The van der Waals surface area contributed by atoms with Crippen LogP contribution in [0.15, 0.2) is 18.3 Å². The first-order chi connectivity index (χ1) is 15.2. The van der Waals surface area contributed by atoms with Crippen molar-refractivity contribution in [1.82, 2.24) is 20.1 Å². The number of rotatable bonds is 7. The highest BCUT2D eigenvalue weighted by atomic mass is 19.4. The number of amides is 1. The number of nitrogens with zero attached hydrogens (tertiary/aromatic N) is 4. The Morgan fingerprint density at radius 2 is 2.00 bits per heavy atom. The van der Waals surface area contributed by atoms with Gasteiger partial charge in [0.05, 0.1) is 24.8 Å². The van der Waals surface area contributed by atoms with Crippen LogP contribution >= 0.6 is 0 Å². The van der Waals surface area contributed by atoms with E-state index in [1.54, 1.807) is 0 Å². The van der Waals surface area contributed by atoms with E-state index in [1.165, 1.54) is 6.07 Å². The fourth-order valence-corrected chi connectivity index (χ4v) is 4.17. The second-order valence-electron chi connectivity index (χ2n) is 8.97. The van der Waals surface area contributed by atoms with Gasteiger partial charge in [-0.15, -0.1) is 0 Å². The molecule has 2 fully saturated rings. The Bertz CT molecular complexity index is 729. The molecule has 3 rings (SSSR count). The number of hydrogen-bond donors (Lipinski definition) is 1. The highest BCUT2D eigenvalue weighted by Crippen LogP contribution is 2.29. The fraction of sp³-hybridized carbons (Fsp3) is 0.727. The average Bonchev–Trinajstić information content (AvgIpc) is 2.97. The van der Waals surface area contributed by atoms with E-state index in [2.05, 4.69) is 33.9 Å². The number of carbonyl (C=O) groups excluding carboxylic acids is 1. The normalized spacial score (nSPS) is 21.6. The summed E-state index contributed by atoms with van der Waals surface area (Å²) in [6.07, 6.45) is -2.69. The summed E-state index contributed by atoms with van der Waals surface area (Å²) in [7, 11) is 0. The molecule has 1 aromatic heterocycles. The maximum absolute atomic E-state index is 12.7. The first-order valence-corrected chi connectivity index (χ1v) is 11.3. The Balaban J connectivity index is 1.41. The van der Waals surface area contributed by atoms with Gasteiger partial charge in [-0.3, -0.25) is 14.6 Å². The lowest BCUT2D eigenvalue weighted by atomic mass is 10.2. The highest BCUT2D eigenvalue weighted by Gasteiger charge is 2.31. The second kappa shape index (κ2) is 11.3. The van der Waals surface area contributed by atoms with Gasteiger partial charge in [0, 0.05) is 58.6 Å². The number of ether oxygens (including phenoxy) is 1. The second-order valence-corrected chi connectivity index (χ2v) is 8.97. The van der Waals surface area contributed by atoms with E-state index < -0.39 is 11.7 Å². The smallest absolute Gasteiger partial charge is 0.374 e. The zero-order valence-corrected chi connectivity index (χ0v) is 18.9. The van der Waals surface area contributed by atoms with Crippen LogP contribution in [0.5, 0.6) is 0 Å². The minimum Gasteiger partial charge on any atom is -0.374 e. The quantitative estimate of drug-likeness (QED) is 0.677. The van der Waals surface area contributed by atoms with Crippen LogP contribution in [-0.2, 0) is 15.7 Å². The molecule has 1 amide bonds. The van der Waals surface area contributed by atoms with E-state index in [0.29, 0.717) is 51.1 Å².